The third-order valence-electron chi connectivity index (χ3n) is 5.78. The van der Waals surface area contributed by atoms with Crippen LogP contribution in [0.5, 0.6) is 0 Å². The van der Waals surface area contributed by atoms with Gasteiger partial charge in [0.15, 0.2) is 11.8 Å². The summed E-state index contributed by atoms with van der Waals surface area (Å²) < 4.78 is 6.74. The fourth-order valence-corrected chi connectivity index (χ4v) is 4.14. The number of benzene rings is 3. The first-order valence-electron chi connectivity index (χ1n) is 10.7. The Hall–Kier alpha value is -4.26. The van der Waals surface area contributed by atoms with Crippen molar-refractivity contribution in [1.29, 1.82) is 0 Å². The smallest absolute Gasteiger partial charge is 0.360 e. The Balaban J connectivity index is 1.48. The topological polar surface area (TPSA) is 81.5 Å². The van der Waals surface area contributed by atoms with Gasteiger partial charge in [0, 0.05) is 17.6 Å². The van der Waals surface area contributed by atoms with Crippen LogP contribution in [0, 0.1) is 0 Å². The van der Waals surface area contributed by atoms with E-state index in [4.69, 9.17) is 4.74 Å². The monoisotopic (exact) mass is 439 g/mol. The molecule has 164 valence electrons. The van der Waals surface area contributed by atoms with Gasteiger partial charge in [0.25, 0.3) is 11.5 Å². The van der Waals surface area contributed by atoms with Crippen molar-refractivity contribution in [1.82, 2.24) is 9.78 Å². The molecule has 2 heterocycles. The summed E-state index contributed by atoms with van der Waals surface area (Å²) >= 11 is 0. The van der Waals surface area contributed by atoms with Gasteiger partial charge in [0.1, 0.15) is 0 Å². The third kappa shape index (κ3) is 3.67. The summed E-state index contributed by atoms with van der Waals surface area (Å²) in [5.41, 5.74) is 2.10. The number of ether oxygens (including phenoxy) is 1. The Morgan fingerprint density at radius 3 is 2.36 bits per heavy atom. The minimum Gasteiger partial charge on any atom is -0.448 e. The first-order valence-corrected chi connectivity index (χ1v) is 10.7. The second kappa shape index (κ2) is 8.35. The molecule has 33 heavy (non-hydrogen) atoms. The van der Waals surface area contributed by atoms with Gasteiger partial charge in [-0.05, 0) is 43.2 Å². The molecular weight excluding hydrogens is 418 g/mol. The van der Waals surface area contributed by atoms with E-state index in [-0.39, 0.29) is 17.2 Å². The fraction of sp³-hybridized carbons (Fsp3) is 0.154. The predicted molar refractivity (Wildman–Crippen MR) is 125 cm³/mol. The first kappa shape index (κ1) is 20.6. The van der Waals surface area contributed by atoms with Crippen LogP contribution >= 0.6 is 0 Å². The lowest BCUT2D eigenvalue weighted by molar-refractivity contribution is -0.126. The number of rotatable bonds is 4. The van der Waals surface area contributed by atoms with Crippen molar-refractivity contribution in [2.45, 2.75) is 19.4 Å². The summed E-state index contributed by atoms with van der Waals surface area (Å²) in [6.45, 7) is 2.09. The molecule has 7 nitrogen and oxygen atoms in total. The van der Waals surface area contributed by atoms with Gasteiger partial charge in [-0.25, -0.2) is 4.79 Å². The molecule has 0 saturated heterocycles. The average Bonchev–Trinajstić information content (AvgIpc) is 3.28. The van der Waals surface area contributed by atoms with E-state index in [9.17, 15) is 14.4 Å². The number of hydrogen-bond donors (Lipinski definition) is 0. The number of hydrogen-bond acceptors (Lipinski definition) is 5. The van der Waals surface area contributed by atoms with Gasteiger partial charge in [-0.2, -0.15) is 9.78 Å². The largest absolute Gasteiger partial charge is 0.448 e. The zero-order chi connectivity index (χ0) is 22.9. The number of para-hydroxylation sites is 2. The summed E-state index contributed by atoms with van der Waals surface area (Å²) in [7, 11) is 0. The Morgan fingerprint density at radius 2 is 1.58 bits per heavy atom. The molecule has 0 aliphatic carbocycles. The highest BCUT2D eigenvalue weighted by Crippen LogP contribution is 2.28. The molecule has 0 N–H and O–H groups in total. The van der Waals surface area contributed by atoms with E-state index < -0.39 is 12.1 Å². The molecule has 1 aliphatic heterocycles. The van der Waals surface area contributed by atoms with E-state index in [0.717, 1.165) is 17.7 Å². The van der Waals surface area contributed by atoms with E-state index in [1.165, 1.54) is 4.68 Å². The van der Waals surface area contributed by atoms with E-state index >= 15 is 0 Å². The van der Waals surface area contributed by atoms with Gasteiger partial charge in [0.2, 0.25) is 0 Å². The summed E-state index contributed by atoms with van der Waals surface area (Å²) in [6, 6.07) is 23.3. The molecule has 0 radical (unpaired) electrons. The van der Waals surface area contributed by atoms with E-state index in [1.54, 1.807) is 60.4 Å². The molecule has 5 rings (SSSR count). The molecule has 1 aromatic heterocycles. The number of aromatic nitrogens is 2. The zero-order valence-electron chi connectivity index (χ0n) is 18.0. The van der Waals surface area contributed by atoms with Crippen LogP contribution in [0.4, 0.5) is 5.69 Å². The quantitative estimate of drug-likeness (QED) is 0.455. The molecule has 1 amide bonds. The van der Waals surface area contributed by atoms with Crippen LogP contribution in [-0.2, 0) is 16.0 Å². The van der Waals surface area contributed by atoms with Gasteiger partial charge < -0.3 is 9.64 Å². The molecule has 4 aromatic rings. The summed E-state index contributed by atoms with van der Waals surface area (Å²) in [5, 5.41) is 5.04. The number of anilines is 1. The van der Waals surface area contributed by atoms with Gasteiger partial charge >= 0.3 is 5.97 Å². The summed E-state index contributed by atoms with van der Waals surface area (Å²) in [6.07, 6.45) is -0.252. The van der Waals surface area contributed by atoms with Crippen LogP contribution in [0.25, 0.3) is 16.5 Å². The van der Waals surface area contributed by atoms with Crippen molar-refractivity contribution in [2.24, 2.45) is 0 Å². The number of esters is 1. The molecule has 7 heteroatoms. The summed E-state index contributed by atoms with van der Waals surface area (Å²) in [5.74, 6) is -1.06. The van der Waals surface area contributed by atoms with Crippen LogP contribution in [0.1, 0.15) is 23.0 Å². The third-order valence-corrected chi connectivity index (χ3v) is 5.78. The van der Waals surface area contributed by atoms with Gasteiger partial charge in [-0.15, -0.1) is 0 Å². The molecule has 0 fully saturated rings. The molecular formula is C26H21N3O4. The van der Waals surface area contributed by atoms with Crippen LogP contribution in [-0.4, -0.2) is 34.3 Å². The second-order valence-corrected chi connectivity index (χ2v) is 7.86. The maximum atomic E-state index is 13.2. The van der Waals surface area contributed by atoms with Gasteiger partial charge in [0.05, 0.1) is 11.1 Å². The highest BCUT2D eigenvalue weighted by atomic mass is 16.5. The second-order valence-electron chi connectivity index (χ2n) is 7.86. The lowest BCUT2D eigenvalue weighted by Gasteiger charge is -2.22. The molecule has 1 atom stereocenters. The Bertz CT molecular complexity index is 1430. The highest BCUT2D eigenvalue weighted by molar-refractivity contribution is 6.04. The van der Waals surface area contributed by atoms with Crippen LogP contribution in [0.15, 0.2) is 83.7 Å². The van der Waals surface area contributed by atoms with Crippen molar-refractivity contribution in [3.05, 3.63) is 100 Å². The number of carbonyl (C=O) groups is 2. The Morgan fingerprint density at radius 1 is 0.909 bits per heavy atom. The normalized spacial score (nSPS) is 13.5. The van der Waals surface area contributed by atoms with Crippen molar-refractivity contribution in [3.63, 3.8) is 0 Å². The molecule has 0 bridgehead atoms. The highest BCUT2D eigenvalue weighted by Gasteiger charge is 2.31. The summed E-state index contributed by atoms with van der Waals surface area (Å²) in [4.78, 5) is 40.9. The molecule has 0 spiro atoms. The minimum absolute atomic E-state index is 0.0180. The van der Waals surface area contributed by atoms with Crippen LogP contribution in [0.2, 0.25) is 0 Å². The van der Waals surface area contributed by atoms with E-state index in [0.29, 0.717) is 23.0 Å². The molecule has 1 unspecified atom stereocenters. The lowest BCUT2D eigenvalue weighted by Crippen LogP contribution is -2.39. The first-order chi connectivity index (χ1) is 16.0. The number of carbonyl (C=O) groups excluding carboxylic acids is 2. The van der Waals surface area contributed by atoms with Crippen molar-refractivity contribution in [2.75, 3.05) is 11.4 Å². The number of nitrogens with zero attached hydrogens (tertiary/aromatic N) is 3. The zero-order valence-corrected chi connectivity index (χ0v) is 18.0. The SMILES string of the molecule is CC(OC(=O)c1nn(-c2ccccc2)c(=O)c2ccccc12)C(=O)N1CCc2ccccc21. The standard InChI is InChI=1S/C26H21N3O4/c1-17(24(30)28-16-15-18-9-5-8-14-22(18)28)33-26(32)23-20-12-6-7-13-21(20)25(31)29(27-23)19-10-3-2-4-11-19/h2-14,17H,15-16H2,1H3. The maximum Gasteiger partial charge on any atom is 0.360 e. The number of amides is 1. The number of fused-ring (bicyclic) bond motifs is 2. The maximum absolute atomic E-state index is 13.2. The molecule has 1 aliphatic rings. The van der Waals surface area contributed by atoms with Crippen molar-refractivity contribution < 1.29 is 14.3 Å². The van der Waals surface area contributed by atoms with Crippen LogP contribution in [0.3, 0.4) is 0 Å². The van der Waals surface area contributed by atoms with Crippen molar-refractivity contribution in [3.8, 4) is 5.69 Å². The predicted octanol–water partition coefficient (Wildman–Crippen LogP) is 3.52. The fourth-order valence-electron chi connectivity index (χ4n) is 4.14. The van der Waals surface area contributed by atoms with E-state index in [2.05, 4.69) is 5.10 Å². The molecule has 3 aromatic carbocycles. The van der Waals surface area contributed by atoms with Crippen molar-refractivity contribution >= 4 is 28.3 Å². The Labute approximate surface area is 189 Å². The van der Waals surface area contributed by atoms with E-state index in [1.807, 2.05) is 30.3 Å². The lowest BCUT2D eigenvalue weighted by atomic mass is 10.1. The van der Waals surface area contributed by atoms with Crippen LogP contribution < -0.4 is 10.5 Å². The average molecular weight is 439 g/mol. The van der Waals surface area contributed by atoms with Gasteiger partial charge in [-0.1, -0.05) is 54.6 Å². The molecule has 0 saturated carbocycles. The minimum atomic E-state index is -1.01. The van der Waals surface area contributed by atoms with Gasteiger partial charge in [-0.3, -0.25) is 9.59 Å². The Kier molecular flexibility index (Phi) is 5.22.